The average molecular weight is 243 g/mol. The minimum atomic E-state index is -0.879. The van der Waals surface area contributed by atoms with Gasteiger partial charge in [-0.1, -0.05) is 0 Å². The van der Waals surface area contributed by atoms with Crippen molar-refractivity contribution in [2.45, 2.75) is 39.8 Å². The highest BCUT2D eigenvalue weighted by Gasteiger charge is 2.13. The van der Waals surface area contributed by atoms with Gasteiger partial charge < -0.3 is 5.11 Å². The molecule has 0 aliphatic rings. The number of carbonyl (C=O) groups is 1. The van der Waals surface area contributed by atoms with E-state index >= 15 is 0 Å². The molecule has 0 aliphatic carbocycles. The first kappa shape index (κ1) is 13.2. The number of hydroxylamine groups is 1. The van der Waals surface area contributed by atoms with Gasteiger partial charge in [-0.05, 0) is 39.3 Å². The van der Waals surface area contributed by atoms with Crippen molar-refractivity contribution in [1.82, 2.24) is 5.48 Å². The summed E-state index contributed by atoms with van der Waals surface area (Å²) in [7, 11) is 0. The van der Waals surface area contributed by atoms with Crippen LogP contribution in [0, 0.1) is 6.92 Å². The summed E-state index contributed by atoms with van der Waals surface area (Å²) in [5.74, 6) is -0.879. The van der Waals surface area contributed by atoms with E-state index in [0.717, 1.165) is 10.4 Å². The lowest BCUT2D eigenvalue weighted by Gasteiger charge is -2.19. The molecule has 16 heavy (non-hydrogen) atoms. The molecule has 5 heteroatoms. The van der Waals surface area contributed by atoms with E-state index in [4.69, 9.17) is 9.94 Å². The number of carboxylic acid groups (broad SMARTS) is 1. The van der Waals surface area contributed by atoms with Gasteiger partial charge in [0.15, 0.2) is 0 Å². The SMILES string of the molecule is Cc1sc(C(=O)O)cc1CNOC(C)(C)C. The normalized spacial score (nSPS) is 11.8. The minimum absolute atomic E-state index is 0.250. The van der Waals surface area contributed by atoms with Crippen molar-refractivity contribution in [2.75, 3.05) is 0 Å². The van der Waals surface area contributed by atoms with Crippen molar-refractivity contribution in [2.24, 2.45) is 0 Å². The van der Waals surface area contributed by atoms with Gasteiger partial charge >= 0.3 is 5.97 Å². The lowest BCUT2D eigenvalue weighted by atomic mass is 10.2. The molecule has 0 saturated heterocycles. The Hall–Kier alpha value is -0.910. The van der Waals surface area contributed by atoms with Gasteiger partial charge in [-0.3, -0.25) is 4.84 Å². The maximum atomic E-state index is 10.8. The number of aromatic carboxylic acids is 1. The maximum Gasteiger partial charge on any atom is 0.345 e. The second-order valence-electron chi connectivity index (χ2n) is 4.53. The Morgan fingerprint density at radius 1 is 1.56 bits per heavy atom. The van der Waals surface area contributed by atoms with Gasteiger partial charge in [0.2, 0.25) is 0 Å². The Morgan fingerprint density at radius 3 is 2.62 bits per heavy atom. The van der Waals surface area contributed by atoms with E-state index < -0.39 is 5.97 Å². The van der Waals surface area contributed by atoms with Crippen LogP contribution in [-0.4, -0.2) is 16.7 Å². The summed E-state index contributed by atoms with van der Waals surface area (Å²) in [6.07, 6.45) is 0. The highest BCUT2D eigenvalue weighted by atomic mass is 32.1. The third-order valence-electron chi connectivity index (χ3n) is 1.87. The lowest BCUT2D eigenvalue weighted by molar-refractivity contribution is -0.0757. The Labute approximate surface area is 99.2 Å². The van der Waals surface area contributed by atoms with E-state index in [0.29, 0.717) is 11.4 Å². The van der Waals surface area contributed by atoms with Gasteiger partial charge in [-0.15, -0.1) is 11.3 Å². The van der Waals surface area contributed by atoms with Crippen LogP contribution in [0.3, 0.4) is 0 Å². The molecule has 0 saturated carbocycles. The molecule has 1 aromatic rings. The molecule has 0 bridgehead atoms. The highest BCUT2D eigenvalue weighted by molar-refractivity contribution is 7.14. The van der Waals surface area contributed by atoms with Crippen molar-refractivity contribution in [3.05, 3.63) is 21.4 Å². The molecule has 0 radical (unpaired) electrons. The van der Waals surface area contributed by atoms with Crippen molar-refractivity contribution in [3.63, 3.8) is 0 Å². The number of aryl methyl sites for hydroxylation is 1. The average Bonchev–Trinajstić information content (AvgIpc) is 2.46. The molecular weight excluding hydrogens is 226 g/mol. The molecule has 0 unspecified atom stereocenters. The molecule has 2 N–H and O–H groups in total. The Morgan fingerprint density at radius 2 is 2.19 bits per heavy atom. The summed E-state index contributed by atoms with van der Waals surface area (Å²) >= 11 is 1.29. The molecule has 0 amide bonds. The highest BCUT2D eigenvalue weighted by Crippen LogP contribution is 2.21. The van der Waals surface area contributed by atoms with Crippen LogP contribution in [0.1, 0.15) is 40.9 Å². The smallest absolute Gasteiger partial charge is 0.345 e. The predicted octanol–water partition coefficient (Wildman–Crippen LogP) is 2.57. The van der Waals surface area contributed by atoms with Gasteiger partial charge in [-0.2, -0.15) is 5.48 Å². The number of nitrogens with one attached hydrogen (secondary N) is 1. The van der Waals surface area contributed by atoms with E-state index in [1.165, 1.54) is 11.3 Å². The van der Waals surface area contributed by atoms with E-state index in [-0.39, 0.29) is 5.60 Å². The number of hydrogen-bond acceptors (Lipinski definition) is 4. The molecule has 90 valence electrons. The van der Waals surface area contributed by atoms with Crippen molar-refractivity contribution in [3.8, 4) is 0 Å². The van der Waals surface area contributed by atoms with E-state index in [1.807, 2.05) is 27.7 Å². The quantitative estimate of drug-likeness (QED) is 0.798. The maximum absolute atomic E-state index is 10.8. The summed E-state index contributed by atoms with van der Waals surface area (Å²) < 4.78 is 0. The molecule has 0 spiro atoms. The van der Waals surface area contributed by atoms with Crippen LogP contribution in [-0.2, 0) is 11.4 Å². The second kappa shape index (κ2) is 4.95. The van der Waals surface area contributed by atoms with Gasteiger partial charge in [0.05, 0.1) is 5.60 Å². The van der Waals surface area contributed by atoms with Crippen molar-refractivity contribution >= 4 is 17.3 Å². The van der Waals surface area contributed by atoms with Crippen LogP contribution < -0.4 is 5.48 Å². The van der Waals surface area contributed by atoms with E-state index in [1.54, 1.807) is 6.07 Å². The lowest BCUT2D eigenvalue weighted by Crippen LogP contribution is -2.28. The Bertz CT molecular complexity index is 379. The fourth-order valence-electron chi connectivity index (χ4n) is 1.13. The summed E-state index contributed by atoms with van der Waals surface area (Å²) in [6.45, 7) is 8.27. The summed E-state index contributed by atoms with van der Waals surface area (Å²) in [5.41, 5.74) is 3.56. The first-order valence-corrected chi connectivity index (χ1v) is 5.85. The number of hydrogen-bond donors (Lipinski definition) is 2. The molecule has 0 fully saturated rings. The van der Waals surface area contributed by atoms with Gasteiger partial charge in [0.1, 0.15) is 4.88 Å². The van der Waals surface area contributed by atoms with Crippen LogP contribution in [0.15, 0.2) is 6.07 Å². The molecule has 1 aromatic heterocycles. The second-order valence-corrected chi connectivity index (χ2v) is 5.79. The molecule has 0 atom stereocenters. The third-order valence-corrected chi connectivity index (χ3v) is 2.95. The zero-order valence-corrected chi connectivity index (χ0v) is 10.8. The third kappa shape index (κ3) is 3.92. The number of rotatable bonds is 4. The van der Waals surface area contributed by atoms with Crippen LogP contribution in [0.4, 0.5) is 0 Å². The predicted molar refractivity (Wildman–Crippen MR) is 63.7 cm³/mol. The first-order chi connectivity index (χ1) is 7.29. The van der Waals surface area contributed by atoms with E-state index in [9.17, 15) is 4.79 Å². The van der Waals surface area contributed by atoms with Crippen LogP contribution in [0.5, 0.6) is 0 Å². The topological polar surface area (TPSA) is 58.6 Å². The van der Waals surface area contributed by atoms with Crippen molar-refractivity contribution < 1.29 is 14.7 Å². The van der Waals surface area contributed by atoms with E-state index in [2.05, 4.69) is 5.48 Å². The van der Waals surface area contributed by atoms with Gasteiger partial charge in [-0.25, -0.2) is 4.79 Å². The Kier molecular flexibility index (Phi) is 4.07. The molecule has 1 heterocycles. The zero-order chi connectivity index (χ0) is 12.3. The van der Waals surface area contributed by atoms with Gasteiger partial charge in [0.25, 0.3) is 0 Å². The van der Waals surface area contributed by atoms with Gasteiger partial charge in [0, 0.05) is 11.4 Å². The van der Waals surface area contributed by atoms with Crippen LogP contribution >= 0.6 is 11.3 Å². The standard InChI is InChI=1S/C11H17NO3S/c1-7-8(5-9(16-7)10(13)14)6-12-15-11(2,3)4/h5,12H,6H2,1-4H3,(H,13,14). The zero-order valence-electron chi connectivity index (χ0n) is 9.96. The minimum Gasteiger partial charge on any atom is -0.477 e. The molecule has 4 nitrogen and oxygen atoms in total. The largest absolute Gasteiger partial charge is 0.477 e. The monoisotopic (exact) mass is 243 g/mol. The summed E-state index contributed by atoms with van der Waals surface area (Å²) in [5, 5.41) is 8.84. The summed E-state index contributed by atoms with van der Waals surface area (Å²) in [6, 6.07) is 1.68. The van der Waals surface area contributed by atoms with Crippen LogP contribution in [0.25, 0.3) is 0 Å². The van der Waals surface area contributed by atoms with Crippen LogP contribution in [0.2, 0.25) is 0 Å². The fourth-order valence-corrected chi connectivity index (χ4v) is 2.01. The Balaban J connectivity index is 2.58. The molecular formula is C11H17NO3S. The molecule has 0 aromatic carbocycles. The number of thiophene rings is 1. The van der Waals surface area contributed by atoms with Crippen molar-refractivity contribution in [1.29, 1.82) is 0 Å². The first-order valence-electron chi connectivity index (χ1n) is 5.03. The summed E-state index contributed by atoms with van der Waals surface area (Å²) in [4.78, 5) is 17.5. The molecule has 0 aliphatic heterocycles. The fraction of sp³-hybridized carbons (Fsp3) is 0.545. The molecule has 1 rings (SSSR count). The number of carboxylic acids is 1.